The first-order chi connectivity index (χ1) is 9.37. The van der Waals surface area contributed by atoms with Crippen LogP contribution in [0.2, 0.25) is 0 Å². The number of halogens is 2. The summed E-state index contributed by atoms with van der Waals surface area (Å²) in [5.41, 5.74) is -0.113. The lowest BCUT2D eigenvalue weighted by Gasteiger charge is -2.16. The molecule has 1 aromatic rings. The highest BCUT2D eigenvalue weighted by Crippen LogP contribution is 2.46. The average molecular weight is 423 g/mol. The third kappa shape index (κ3) is 2.46. The highest BCUT2D eigenvalue weighted by Gasteiger charge is 2.61. The van der Waals surface area contributed by atoms with Crippen molar-refractivity contribution < 1.29 is 14.3 Å². The van der Waals surface area contributed by atoms with Gasteiger partial charge in [0.2, 0.25) is 0 Å². The highest BCUT2D eigenvalue weighted by molar-refractivity contribution is 9.13. The number of hydrogen-bond acceptors (Lipinski definition) is 4. The van der Waals surface area contributed by atoms with Gasteiger partial charge in [-0.25, -0.2) is 4.79 Å². The monoisotopic (exact) mass is 421 g/mol. The molecule has 20 heavy (non-hydrogen) atoms. The van der Waals surface area contributed by atoms with E-state index in [0.29, 0.717) is 11.3 Å². The zero-order chi connectivity index (χ0) is 15.1. The Morgan fingerprint density at radius 2 is 2.20 bits per heavy atom. The van der Waals surface area contributed by atoms with Crippen LogP contribution in [0.1, 0.15) is 21.7 Å². The van der Waals surface area contributed by atoms with Crippen LogP contribution in [-0.2, 0) is 9.53 Å². The lowest BCUT2D eigenvalue weighted by Crippen LogP contribution is -2.45. The van der Waals surface area contributed by atoms with Crippen molar-refractivity contribution in [1.29, 1.82) is 0 Å². The molecule has 1 fully saturated rings. The Hall–Kier alpha value is -0.660. The van der Waals surface area contributed by atoms with Crippen LogP contribution < -0.4 is 5.32 Å². The molecule has 1 saturated carbocycles. The van der Waals surface area contributed by atoms with Crippen LogP contribution in [0.25, 0.3) is 0 Å². The van der Waals surface area contributed by atoms with E-state index >= 15 is 0 Å². The molecule has 1 heterocycles. The molecule has 1 aromatic heterocycles. The fraction of sp³-hybridized carbons (Fsp3) is 0.385. The zero-order valence-electron chi connectivity index (χ0n) is 11.0. The molecule has 0 saturated heterocycles. The van der Waals surface area contributed by atoms with Crippen LogP contribution in [0.3, 0.4) is 0 Å². The van der Waals surface area contributed by atoms with Gasteiger partial charge in [-0.3, -0.25) is 4.79 Å². The number of rotatable bonds is 4. The number of methoxy groups -OCH3 is 1. The maximum Gasteiger partial charge on any atom is 0.332 e. The van der Waals surface area contributed by atoms with Crippen LogP contribution in [0.5, 0.6) is 0 Å². The van der Waals surface area contributed by atoms with Gasteiger partial charge in [-0.15, -0.1) is 17.9 Å². The lowest BCUT2D eigenvalue weighted by atomic mass is 10.2. The van der Waals surface area contributed by atoms with Crippen molar-refractivity contribution in [3.8, 4) is 0 Å². The molecule has 1 amide bonds. The molecule has 1 aliphatic carbocycles. The normalized spacial score (nSPS) is 24.1. The molecule has 2 atom stereocenters. The summed E-state index contributed by atoms with van der Waals surface area (Å²) < 4.78 is 6.50. The predicted octanol–water partition coefficient (Wildman–Crippen LogP) is 3.43. The molecule has 1 N–H and O–H groups in total. The summed E-state index contributed by atoms with van der Waals surface area (Å²) in [5, 5.41) is 2.80. The first kappa shape index (κ1) is 15.7. The quantitative estimate of drug-likeness (QED) is 0.597. The predicted molar refractivity (Wildman–Crippen MR) is 85.0 cm³/mol. The van der Waals surface area contributed by atoms with Gasteiger partial charge in [0, 0.05) is 10.4 Å². The summed E-state index contributed by atoms with van der Waals surface area (Å²) in [6.07, 6.45) is 2.20. The Morgan fingerprint density at radius 3 is 2.60 bits per heavy atom. The average Bonchev–Trinajstić information content (AvgIpc) is 3.09. The Labute approximate surface area is 137 Å². The number of nitrogens with one attached hydrogen (secondary N) is 1. The molecular formula is C13H13Br2NO3S. The maximum atomic E-state index is 12.4. The third-order valence-electron chi connectivity index (χ3n) is 3.43. The van der Waals surface area contributed by atoms with E-state index in [0.717, 1.165) is 13.8 Å². The van der Waals surface area contributed by atoms with Gasteiger partial charge in [-0.2, -0.15) is 0 Å². The minimum atomic E-state index is -0.955. The fourth-order valence-electron chi connectivity index (χ4n) is 2.12. The van der Waals surface area contributed by atoms with Crippen molar-refractivity contribution in [2.45, 2.75) is 18.9 Å². The number of ether oxygens (including phenoxy) is 1. The summed E-state index contributed by atoms with van der Waals surface area (Å²) in [5.74, 6) is -0.775. The van der Waals surface area contributed by atoms with E-state index in [9.17, 15) is 9.59 Å². The molecule has 1 aliphatic rings. The van der Waals surface area contributed by atoms with Gasteiger partial charge in [-0.1, -0.05) is 6.08 Å². The lowest BCUT2D eigenvalue weighted by molar-refractivity contribution is -0.144. The van der Waals surface area contributed by atoms with Gasteiger partial charge < -0.3 is 10.1 Å². The summed E-state index contributed by atoms with van der Waals surface area (Å²) in [6.45, 7) is 5.53. The van der Waals surface area contributed by atoms with Gasteiger partial charge in [-0.05, 0) is 50.8 Å². The minimum Gasteiger partial charge on any atom is -0.467 e. The Morgan fingerprint density at radius 1 is 1.55 bits per heavy atom. The van der Waals surface area contributed by atoms with Crippen LogP contribution in [0, 0.1) is 12.8 Å². The fourth-order valence-corrected chi connectivity index (χ4v) is 4.29. The molecule has 7 heteroatoms. The number of amides is 1. The van der Waals surface area contributed by atoms with E-state index in [-0.39, 0.29) is 11.8 Å². The molecular weight excluding hydrogens is 410 g/mol. The van der Waals surface area contributed by atoms with Gasteiger partial charge in [0.1, 0.15) is 5.54 Å². The molecule has 0 aromatic carbocycles. The molecule has 2 rings (SSSR count). The number of hydrogen-bond donors (Lipinski definition) is 1. The molecule has 0 spiro atoms. The maximum absolute atomic E-state index is 12.4. The van der Waals surface area contributed by atoms with Crippen molar-refractivity contribution in [1.82, 2.24) is 5.32 Å². The molecule has 4 nitrogen and oxygen atoms in total. The van der Waals surface area contributed by atoms with Crippen LogP contribution in [0.15, 0.2) is 20.9 Å². The van der Waals surface area contributed by atoms with Crippen LogP contribution in [-0.4, -0.2) is 24.5 Å². The summed E-state index contributed by atoms with van der Waals surface area (Å²) in [7, 11) is 1.32. The van der Waals surface area contributed by atoms with Crippen molar-refractivity contribution in [3.05, 3.63) is 31.4 Å². The SMILES string of the molecule is C=CC1CC1(NC(=O)c1sc(Br)c(Br)c1C)C(=O)OC. The van der Waals surface area contributed by atoms with E-state index in [1.54, 1.807) is 6.08 Å². The number of carbonyl (C=O) groups is 2. The van der Waals surface area contributed by atoms with Gasteiger partial charge in [0.15, 0.2) is 0 Å². The summed E-state index contributed by atoms with van der Waals surface area (Å²) >= 11 is 8.12. The molecule has 2 unspecified atom stereocenters. The smallest absolute Gasteiger partial charge is 0.332 e. The van der Waals surface area contributed by atoms with E-state index in [2.05, 4.69) is 43.8 Å². The molecule has 0 bridgehead atoms. The topological polar surface area (TPSA) is 55.4 Å². The second-order valence-electron chi connectivity index (χ2n) is 4.61. The van der Waals surface area contributed by atoms with E-state index < -0.39 is 11.5 Å². The van der Waals surface area contributed by atoms with Crippen molar-refractivity contribution in [2.24, 2.45) is 5.92 Å². The largest absolute Gasteiger partial charge is 0.467 e. The molecule has 0 aliphatic heterocycles. The third-order valence-corrected chi connectivity index (χ3v) is 7.17. The highest BCUT2D eigenvalue weighted by atomic mass is 79.9. The number of thiophene rings is 1. The van der Waals surface area contributed by atoms with Gasteiger partial charge in [0.05, 0.1) is 15.8 Å². The summed E-state index contributed by atoms with van der Waals surface area (Å²) in [6, 6.07) is 0. The standard InChI is InChI=1S/C13H13Br2NO3S/c1-4-7-5-13(7,12(18)19-3)16-11(17)9-6(2)8(14)10(15)20-9/h4,7H,1,5H2,2-3H3,(H,16,17). The Kier molecular flexibility index (Phi) is 4.41. The minimum absolute atomic E-state index is 0.0777. The molecule has 0 radical (unpaired) electrons. The van der Waals surface area contributed by atoms with E-state index in [4.69, 9.17) is 4.74 Å². The molecule has 108 valence electrons. The van der Waals surface area contributed by atoms with Gasteiger partial charge >= 0.3 is 5.97 Å². The van der Waals surface area contributed by atoms with Crippen LogP contribution in [0.4, 0.5) is 0 Å². The second kappa shape index (κ2) is 5.61. The van der Waals surface area contributed by atoms with Crippen molar-refractivity contribution >= 4 is 55.1 Å². The second-order valence-corrected chi connectivity index (χ2v) is 7.74. The zero-order valence-corrected chi connectivity index (χ0v) is 14.9. The first-order valence-corrected chi connectivity index (χ1v) is 8.25. The Bertz CT molecular complexity index is 599. The van der Waals surface area contributed by atoms with E-state index in [1.807, 2.05) is 6.92 Å². The van der Waals surface area contributed by atoms with E-state index in [1.165, 1.54) is 18.4 Å². The summed E-state index contributed by atoms with van der Waals surface area (Å²) in [4.78, 5) is 24.8. The number of esters is 1. The number of carbonyl (C=O) groups excluding carboxylic acids is 2. The van der Waals surface area contributed by atoms with Gasteiger partial charge in [0.25, 0.3) is 5.91 Å². The van der Waals surface area contributed by atoms with Crippen LogP contribution >= 0.6 is 43.2 Å². The van der Waals surface area contributed by atoms with Crippen molar-refractivity contribution in [2.75, 3.05) is 7.11 Å². The Balaban J connectivity index is 2.24. The van der Waals surface area contributed by atoms with Crippen molar-refractivity contribution in [3.63, 3.8) is 0 Å². The first-order valence-electron chi connectivity index (χ1n) is 5.85.